The van der Waals surface area contributed by atoms with Crippen molar-refractivity contribution in [3.63, 3.8) is 0 Å². The van der Waals surface area contributed by atoms with E-state index in [4.69, 9.17) is 14.7 Å². The summed E-state index contributed by atoms with van der Waals surface area (Å²) in [6.07, 6.45) is 6.00. The topological polar surface area (TPSA) is 119 Å². The molecule has 1 aromatic carbocycles. The fourth-order valence-corrected chi connectivity index (χ4v) is 6.51. The predicted molar refractivity (Wildman–Crippen MR) is 192 cm³/mol. The van der Waals surface area contributed by atoms with Crippen LogP contribution >= 0.6 is 11.3 Å². The highest BCUT2D eigenvalue weighted by Gasteiger charge is 2.40. The van der Waals surface area contributed by atoms with E-state index in [1.807, 2.05) is 30.0 Å². The summed E-state index contributed by atoms with van der Waals surface area (Å²) >= 11 is 0.931. The number of hydrogen-bond donors (Lipinski definition) is 2. The van der Waals surface area contributed by atoms with Gasteiger partial charge in [0.15, 0.2) is 22.5 Å². The zero-order valence-corrected chi connectivity index (χ0v) is 29.5. The first-order valence-corrected chi connectivity index (χ1v) is 17.2. The second-order valence-electron chi connectivity index (χ2n) is 12.5. The number of benzene rings is 1. The molecule has 2 fully saturated rings. The van der Waals surface area contributed by atoms with Crippen LogP contribution in [0.3, 0.4) is 0 Å². The molecule has 4 aromatic rings. The number of rotatable bonds is 11. The molecule has 0 unspecified atom stereocenters. The van der Waals surface area contributed by atoms with E-state index < -0.39 is 35.7 Å². The van der Waals surface area contributed by atoms with Crippen molar-refractivity contribution in [2.75, 3.05) is 87.5 Å². The van der Waals surface area contributed by atoms with E-state index >= 15 is 0 Å². The lowest BCUT2D eigenvalue weighted by Crippen LogP contribution is -2.49. The quantitative estimate of drug-likeness (QED) is 0.151. The van der Waals surface area contributed by atoms with Crippen LogP contribution in [-0.4, -0.2) is 110 Å². The number of aromatic nitrogens is 3. The SMILES string of the molecule is COc1ccc(-c2cnc(N3CCN(C(=O)/C=C/CN(C)C)CC3)c(N3CCC(F)(F)C3)c2)nc1Nc1ncc(C(=O)Nc2c(F)cccc2F)s1. The Balaban J connectivity index is 1.22. The third kappa shape index (κ3) is 8.42. The van der Waals surface area contributed by atoms with Crippen molar-refractivity contribution in [3.05, 3.63) is 77.5 Å². The normalized spacial score (nSPS) is 15.8. The van der Waals surface area contributed by atoms with Gasteiger partial charge in [0.25, 0.3) is 11.8 Å². The van der Waals surface area contributed by atoms with Crippen LogP contribution in [0.5, 0.6) is 5.75 Å². The van der Waals surface area contributed by atoms with Gasteiger partial charge in [0.05, 0.1) is 31.2 Å². The summed E-state index contributed by atoms with van der Waals surface area (Å²) in [4.78, 5) is 46.6. The lowest BCUT2D eigenvalue weighted by atomic mass is 10.1. The Morgan fingerprint density at radius 2 is 1.77 bits per heavy atom. The van der Waals surface area contributed by atoms with E-state index in [2.05, 4.69) is 15.6 Å². The van der Waals surface area contributed by atoms with Gasteiger partial charge >= 0.3 is 0 Å². The Bertz CT molecular complexity index is 1950. The maximum atomic E-state index is 14.5. The number of piperazine rings is 1. The molecule has 0 atom stereocenters. The van der Waals surface area contributed by atoms with Crippen molar-refractivity contribution < 1.29 is 31.9 Å². The Hall–Kier alpha value is -5.29. The van der Waals surface area contributed by atoms with E-state index in [0.717, 1.165) is 23.5 Å². The minimum atomic E-state index is -2.85. The second-order valence-corrected chi connectivity index (χ2v) is 13.6. The summed E-state index contributed by atoms with van der Waals surface area (Å²) in [6, 6.07) is 8.44. The summed E-state index contributed by atoms with van der Waals surface area (Å²) in [5.74, 6) is -4.35. The molecule has 0 radical (unpaired) electrons. The zero-order chi connectivity index (χ0) is 37.0. The molecule has 6 rings (SSSR count). The zero-order valence-electron chi connectivity index (χ0n) is 28.7. The van der Waals surface area contributed by atoms with Gasteiger partial charge in [0.2, 0.25) is 5.91 Å². The number of nitrogens with one attached hydrogen (secondary N) is 2. The van der Waals surface area contributed by atoms with E-state index in [9.17, 15) is 27.2 Å². The van der Waals surface area contributed by atoms with Gasteiger partial charge in [0, 0.05) is 63.5 Å². The number of halogens is 4. The molecule has 3 aromatic heterocycles. The molecule has 2 amide bonds. The number of para-hydroxylation sites is 1. The van der Waals surface area contributed by atoms with Gasteiger partial charge in [-0.05, 0) is 44.4 Å². The molecule has 17 heteroatoms. The number of anilines is 5. The summed E-state index contributed by atoms with van der Waals surface area (Å²) < 4.78 is 62.6. The van der Waals surface area contributed by atoms with Crippen LogP contribution in [0.15, 0.2) is 60.9 Å². The molecule has 12 nitrogen and oxygen atoms in total. The number of pyridine rings is 2. The highest BCUT2D eigenvalue weighted by Crippen LogP contribution is 2.39. The molecule has 274 valence electrons. The Labute approximate surface area is 301 Å². The monoisotopic (exact) mass is 739 g/mol. The average Bonchev–Trinajstić information content (AvgIpc) is 3.75. The molecule has 0 saturated carbocycles. The Morgan fingerprint density at radius 3 is 2.44 bits per heavy atom. The minimum Gasteiger partial charge on any atom is -0.493 e. The van der Waals surface area contributed by atoms with Crippen LogP contribution in [0, 0.1) is 11.6 Å². The largest absolute Gasteiger partial charge is 0.493 e. The Morgan fingerprint density at radius 1 is 1.02 bits per heavy atom. The molecular weight excluding hydrogens is 703 g/mol. The molecule has 2 N–H and O–H groups in total. The minimum absolute atomic E-state index is 0.0746. The Kier molecular flexibility index (Phi) is 10.9. The highest BCUT2D eigenvalue weighted by atomic mass is 32.1. The third-order valence-electron chi connectivity index (χ3n) is 8.51. The number of nitrogens with zero attached hydrogens (tertiary/aromatic N) is 7. The van der Waals surface area contributed by atoms with Gasteiger partial charge in [-0.3, -0.25) is 9.59 Å². The number of methoxy groups -OCH3 is 1. The van der Waals surface area contributed by atoms with Crippen molar-refractivity contribution in [2.24, 2.45) is 0 Å². The average molecular weight is 740 g/mol. The maximum Gasteiger partial charge on any atom is 0.267 e. The van der Waals surface area contributed by atoms with Crippen LogP contribution in [-0.2, 0) is 4.79 Å². The number of carbonyl (C=O) groups is 2. The van der Waals surface area contributed by atoms with Crippen molar-refractivity contribution in [1.82, 2.24) is 24.8 Å². The first-order chi connectivity index (χ1) is 24.9. The summed E-state index contributed by atoms with van der Waals surface area (Å²) in [6.45, 7) is 2.22. The first-order valence-electron chi connectivity index (χ1n) is 16.4. The van der Waals surface area contributed by atoms with Crippen LogP contribution < -0.4 is 25.2 Å². The molecule has 52 heavy (non-hydrogen) atoms. The summed E-state index contributed by atoms with van der Waals surface area (Å²) in [5.41, 5.74) is 0.989. The molecular formula is C35H37F4N9O3S. The van der Waals surface area contributed by atoms with Gasteiger partial charge in [-0.1, -0.05) is 23.5 Å². The van der Waals surface area contributed by atoms with Gasteiger partial charge in [-0.2, -0.15) is 0 Å². The first kappa shape index (κ1) is 36.5. The van der Waals surface area contributed by atoms with E-state index in [0.29, 0.717) is 61.2 Å². The van der Waals surface area contributed by atoms with E-state index in [1.54, 1.807) is 40.3 Å². The summed E-state index contributed by atoms with van der Waals surface area (Å²) in [5, 5.41) is 5.52. The van der Waals surface area contributed by atoms with Gasteiger partial charge < -0.3 is 35.0 Å². The molecule has 2 aliphatic rings. The van der Waals surface area contributed by atoms with E-state index in [-0.39, 0.29) is 34.7 Å². The number of alkyl halides is 2. The summed E-state index contributed by atoms with van der Waals surface area (Å²) in [7, 11) is 5.30. The van der Waals surface area contributed by atoms with Crippen LogP contribution in [0.2, 0.25) is 0 Å². The molecule has 5 heterocycles. The smallest absolute Gasteiger partial charge is 0.267 e. The lowest BCUT2D eigenvalue weighted by molar-refractivity contribution is -0.126. The fraction of sp³-hybridized carbons (Fsp3) is 0.343. The van der Waals surface area contributed by atoms with Crippen LogP contribution in [0.25, 0.3) is 11.3 Å². The number of likely N-dealkylation sites (N-methyl/N-ethyl adjacent to an activating group) is 1. The van der Waals surface area contributed by atoms with E-state index in [1.165, 1.54) is 19.4 Å². The van der Waals surface area contributed by atoms with Gasteiger partial charge in [0.1, 0.15) is 22.2 Å². The number of amides is 2. The molecule has 0 bridgehead atoms. The predicted octanol–water partition coefficient (Wildman–Crippen LogP) is 5.49. The highest BCUT2D eigenvalue weighted by molar-refractivity contribution is 7.17. The van der Waals surface area contributed by atoms with Gasteiger partial charge in [-0.15, -0.1) is 0 Å². The fourth-order valence-electron chi connectivity index (χ4n) is 5.80. The van der Waals surface area contributed by atoms with Gasteiger partial charge in [-0.25, -0.2) is 32.5 Å². The van der Waals surface area contributed by atoms with Crippen molar-refractivity contribution >= 4 is 51.3 Å². The maximum absolute atomic E-state index is 14.5. The van der Waals surface area contributed by atoms with Crippen molar-refractivity contribution in [2.45, 2.75) is 12.3 Å². The van der Waals surface area contributed by atoms with Crippen LogP contribution in [0.1, 0.15) is 16.1 Å². The molecule has 0 spiro atoms. The second kappa shape index (κ2) is 15.5. The third-order valence-corrected chi connectivity index (χ3v) is 9.42. The lowest BCUT2D eigenvalue weighted by Gasteiger charge is -2.37. The number of hydrogen-bond acceptors (Lipinski definition) is 11. The van der Waals surface area contributed by atoms with Crippen LogP contribution in [0.4, 0.5) is 45.7 Å². The number of ether oxygens (including phenoxy) is 1. The number of carbonyl (C=O) groups excluding carboxylic acids is 2. The standard InChI is InChI=1S/C35H37F4N9O3S/c1-45(2)12-5-8-29(49)46-14-16-47(17-15-46)32-26(48-13-11-35(38,39)21-48)18-22(19-40-32)25-9-10-27(51-3)31(42-25)44-34-41-20-28(52-34)33(50)43-30-23(36)6-4-7-24(30)37/h4-10,18-20H,11-17,21H2,1-3H3,(H,43,50)(H,41,42,44)/b8-5+. The van der Waals surface area contributed by atoms with Crippen molar-refractivity contribution in [1.29, 1.82) is 0 Å². The molecule has 2 aliphatic heterocycles. The molecule has 0 aliphatic carbocycles. The molecule has 2 saturated heterocycles. The van der Waals surface area contributed by atoms with Crippen molar-refractivity contribution in [3.8, 4) is 17.0 Å². The number of thiazole rings is 1.